The van der Waals surface area contributed by atoms with E-state index in [0.29, 0.717) is 12.0 Å². The lowest BCUT2D eigenvalue weighted by molar-refractivity contribution is -0.132. The molecule has 1 saturated heterocycles. The standard InChI is InChI=1S/C16H22N2O/c1-3-14-16(19)18(11(2)12-9-10-12)15(17-14)13-7-5-4-6-8-13/h4-8,11-12,14-15,17H,3,9-10H2,1-2H3. The van der Waals surface area contributed by atoms with Crippen LogP contribution in [0.15, 0.2) is 30.3 Å². The second kappa shape index (κ2) is 4.97. The Hall–Kier alpha value is -1.35. The van der Waals surface area contributed by atoms with Crippen LogP contribution in [0.5, 0.6) is 0 Å². The predicted molar refractivity (Wildman–Crippen MR) is 75.4 cm³/mol. The first-order chi connectivity index (χ1) is 9.22. The third kappa shape index (κ3) is 2.27. The van der Waals surface area contributed by atoms with Crippen molar-refractivity contribution >= 4 is 5.91 Å². The molecule has 0 aromatic heterocycles. The van der Waals surface area contributed by atoms with Crippen LogP contribution in [0.4, 0.5) is 0 Å². The molecule has 1 saturated carbocycles. The van der Waals surface area contributed by atoms with Gasteiger partial charge in [-0.1, -0.05) is 37.3 Å². The molecule has 1 amide bonds. The SMILES string of the molecule is CCC1NC(c2ccccc2)N(C(C)C2CC2)C1=O. The fourth-order valence-electron chi connectivity index (χ4n) is 3.08. The maximum absolute atomic E-state index is 12.6. The molecular formula is C16H22N2O. The summed E-state index contributed by atoms with van der Waals surface area (Å²) in [7, 11) is 0. The zero-order chi connectivity index (χ0) is 13.4. The third-order valence-corrected chi connectivity index (χ3v) is 4.46. The van der Waals surface area contributed by atoms with Crippen molar-refractivity contribution < 1.29 is 4.79 Å². The van der Waals surface area contributed by atoms with E-state index in [1.54, 1.807) is 0 Å². The van der Waals surface area contributed by atoms with Gasteiger partial charge in [0.25, 0.3) is 0 Å². The quantitative estimate of drug-likeness (QED) is 0.900. The van der Waals surface area contributed by atoms with Crippen LogP contribution in [0.1, 0.15) is 44.8 Å². The van der Waals surface area contributed by atoms with E-state index in [-0.39, 0.29) is 18.1 Å². The van der Waals surface area contributed by atoms with Gasteiger partial charge in [0.2, 0.25) is 5.91 Å². The minimum Gasteiger partial charge on any atom is -0.319 e. The summed E-state index contributed by atoms with van der Waals surface area (Å²) in [6, 6.07) is 10.6. The molecule has 3 atom stereocenters. The molecule has 0 radical (unpaired) electrons. The summed E-state index contributed by atoms with van der Waals surface area (Å²) in [5, 5.41) is 3.50. The minimum atomic E-state index is -0.0218. The molecule has 3 nitrogen and oxygen atoms in total. The molecule has 3 unspecified atom stereocenters. The van der Waals surface area contributed by atoms with Crippen LogP contribution in [0.3, 0.4) is 0 Å². The first kappa shape index (κ1) is 12.7. The van der Waals surface area contributed by atoms with Crippen LogP contribution in [-0.4, -0.2) is 22.9 Å². The summed E-state index contributed by atoms with van der Waals surface area (Å²) >= 11 is 0. The van der Waals surface area contributed by atoms with Gasteiger partial charge in [-0.05, 0) is 37.7 Å². The topological polar surface area (TPSA) is 32.3 Å². The Balaban J connectivity index is 1.89. The van der Waals surface area contributed by atoms with Crippen molar-refractivity contribution in [3.05, 3.63) is 35.9 Å². The number of nitrogens with zero attached hydrogens (tertiary/aromatic N) is 1. The average molecular weight is 258 g/mol. The minimum absolute atomic E-state index is 0.0218. The second-order valence-electron chi connectivity index (χ2n) is 5.76. The van der Waals surface area contributed by atoms with Crippen molar-refractivity contribution in [2.75, 3.05) is 0 Å². The van der Waals surface area contributed by atoms with Crippen LogP contribution < -0.4 is 5.32 Å². The molecule has 1 heterocycles. The molecule has 2 fully saturated rings. The van der Waals surface area contributed by atoms with Crippen LogP contribution in [-0.2, 0) is 4.79 Å². The molecule has 3 heteroatoms. The van der Waals surface area contributed by atoms with Crippen molar-refractivity contribution in [2.45, 2.75) is 51.4 Å². The van der Waals surface area contributed by atoms with Gasteiger partial charge in [0.15, 0.2) is 0 Å². The van der Waals surface area contributed by atoms with Gasteiger partial charge in [-0.15, -0.1) is 0 Å². The molecule has 0 bridgehead atoms. The van der Waals surface area contributed by atoms with Crippen molar-refractivity contribution in [1.82, 2.24) is 10.2 Å². The highest BCUT2D eigenvalue weighted by Crippen LogP contribution is 2.40. The summed E-state index contributed by atoms with van der Waals surface area (Å²) in [5.41, 5.74) is 1.19. The van der Waals surface area contributed by atoms with Gasteiger partial charge in [-0.3, -0.25) is 10.1 Å². The summed E-state index contributed by atoms with van der Waals surface area (Å²) in [4.78, 5) is 14.6. The number of rotatable bonds is 4. The number of hydrogen-bond donors (Lipinski definition) is 1. The number of amides is 1. The van der Waals surface area contributed by atoms with Crippen molar-refractivity contribution in [2.24, 2.45) is 5.92 Å². The lowest BCUT2D eigenvalue weighted by Crippen LogP contribution is -2.39. The van der Waals surface area contributed by atoms with Gasteiger partial charge in [-0.2, -0.15) is 0 Å². The van der Waals surface area contributed by atoms with Crippen LogP contribution in [0.2, 0.25) is 0 Å². The Morgan fingerprint density at radius 1 is 1.32 bits per heavy atom. The van der Waals surface area contributed by atoms with E-state index in [0.717, 1.165) is 6.42 Å². The molecule has 19 heavy (non-hydrogen) atoms. The maximum Gasteiger partial charge on any atom is 0.241 e. The molecule has 1 aliphatic carbocycles. The largest absolute Gasteiger partial charge is 0.319 e. The smallest absolute Gasteiger partial charge is 0.241 e. The van der Waals surface area contributed by atoms with E-state index in [1.807, 2.05) is 18.2 Å². The highest BCUT2D eigenvalue weighted by Gasteiger charge is 2.45. The number of nitrogens with one attached hydrogen (secondary N) is 1. The van der Waals surface area contributed by atoms with Crippen LogP contribution >= 0.6 is 0 Å². The molecule has 3 rings (SSSR count). The third-order valence-electron chi connectivity index (χ3n) is 4.46. The Morgan fingerprint density at radius 3 is 2.58 bits per heavy atom. The summed E-state index contributed by atoms with van der Waals surface area (Å²) in [5.74, 6) is 0.975. The van der Waals surface area contributed by atoms with Gasteiger partial charge in [-0.25, -0.2) is 0 Å². The van der Waals surface area contributed by atoms with E-state index in [9.17, 15) is 4.79 Å². The van der Waals surface area contributed by atoms with Crippen molar-refractivity contribution in [1.29, 1.82) is 0 Å². The van der Waals surface area contributed by atoms with E-state index in [1.165, 1.54) is 18.4 Å². The van der Waals surface area contributed by atoms with Gasteiger partial charge in [0, 0.05) is 6.04 Å². The first-order valence-electron chi connectivity index (χ1n) is 7.35. The van der Waals surface area contributed by atoms with E-state index >= 15 is 0 Å². The van der Waals surface area contributed by atoms with Gasteiger partial charge < -0.3 is 4.90 Å². The van der Waals surface area contributed by atoms with Crippen molar-refractivity contribution in [3.8, 4) is 0 Å². The van der Waals surface area contributed by atoms with Gasteiger partial charge >= 0.3 is 0 Å². The van der Waals surface area contributed by atoms with Crippen molar-refractivity contribution in [3.63, 3.8) is 0 Å². The van der Waals surface area contributed by atoms with Crippen LogP contribution in [0, 0.1) is 5.92 Å². The second-order valence-corrected chi connectivity index (χ2v) is 5.76. The molecular weight excluding hydrogens is 236 g/mol. The Labute approximate surface area is 115 Å². The highest BCUT2D eigenvalue weighted by atomic mass is 16.2. The molecule has 1 aromatic carbocycles. The van der Waals surface area contributed by atoms with Gasteiger partial charge in [0.1, 0.15) is 6.17 Å². The fourth-order valence-corrected chi connectivity index (χ4v) is 3.08. The fraction of sp³-hybridized carbons (Fsp3) is 0.562. The molecule has 1 aromatic rings. The first-order valence-corrected chi connectivity index (χ1v) is 7.35. The van der Waals surface area contributed by atoms with Crippen LogP contribution in [0.25, 0.3) is 0 Å². The Bertz CT molecular complexity index is 455. The Morgan fingerprint density at radius 2 is 2.00 bits per heavy atom. The maximum atomic E-state index is 12.6. The summed E-state index contributed by atoms with van der Waals surface area (Å²) in [6.45, 7) is 4.27. The zero-order valence-corrected chi connectivity index (χ0v) is 11.7. The van der Waals surface area contributed by atoms with E-state index in [2.05, 4.69) is 36.2 Å². The number of hydrogen-bond acceptors (Lipinski definition) is 2. The highest BCUT2D eigenvalue weighted by molar-refractivity contribution is 5.84. The normalized spacial score (nSPS) is 28.7. The van der Waals surface area contributed by atoms with E-state index < -0.39 is 0 Å². The molecule has 102 valence electrons. The Kier molecular flexibility index (Phi) is 3.31. The predicted octanol–water partition coefficient (Wildman–Crippen LogP) is 2.69. The monoisotopic (exact) mass is 258 g/mol. The lowest BCUT2D eigenvalue weighted by Gasteiger charge is -2.30. The van der Waals surface area contributed by atoms with Gasteiger partial charge in [0.05, 0.1) is 6.04 Å². The number of benzene rings is 1. The average Bonchev–Trinajstić information content (AvgIpc) is 3.23. The zero-order valence-electron chi connectivity index (χ0n) is 11.7. The lowest BCUT2D eigenvalue weighted by atomic mass is 10.1. The summed E-state index contributed by atoms with van der Waals surface area (Å²) < 4.78 is 0. The molecule has 1 N–H and O–H groups in total. The molecule has 0 spiro atoms. The molecule has 1 aliphatic heterocycles. The summed E-state index contributed by atoms with van der Waals surface area (Å²) in [6.07, 6.45) is 3.44. The van der Waals surface area contributed by atoms with E-state index in [4.69, 9.17) is 0 Å². The molecule has 2 aliphatic rings. The number of carbonyl (C=O) groups excluding carboxylic acids is 1. The number of carbonyl (C=O) groups is 1.